The van der Waals surface area contributed by atoms with Gasteiger partial charge in [0.2, 0.25) is 0 Å². The Morgan fingerprint density at radius 3 is 2.10 bits per heavy atom. The van der Waals surface area contributed by atoms with Crippen molar-refractivity contribution in [1.29, 1.82) is 0 Å². The van der Waals surface area contributed by atoms with Crippen molar-refractivity contribution in [3.05, 3.63) is 0 Å². The molecule has 62 valence electrons. The van der Waals surface area contributed by atoms with Gasteiger partial charge in [-0.3, -0.25) is 0 Å². The lowest BCUT2D eigenvalue weighted by molar-refractivity contribution is 0.201. The summed E-state index contributed by atoms with van der Waals surface area (Å²) in [6, 6.07) is 0. The molecule has 1 aliphatic rings. The first-order chi connectivity index (χ1) is 4.84. The molecule has 1 fully saturated rings. The maximum absolute atomic E-state index is 8.74. The summed E-state index contributed by atoms with van der Waals surface area (Å²) < 4.78 is 0. The van der Waals surface area contributed by atoms with Crippen LogP contribution in [0.2, 0.25) is 0 Å². The Morgan fingerprint density at radius 1 is 1.30 bits per heavy atom. The van der Waals surface area contributed by atoms with Crippen LogP contribution in [-0.2, 0) is 0 Å². The highest BCUT2D eigenvalue weighted by Crippen LogP contribution is 2.30. The Bertz CT molecular complexity index is 71.1. The van der Waals surface area contributed by atoms with Gasteiger partial charge in [0.05, 0.1) is 0 Å². The van der Waals surface area contributed by atoms with E-state index in [1.165, 1.54) is 19.3 Å². The molecule has 0 saturated heterocycles. The highest BCUT2D eigenvalue weighted by atomic mass is 16.3. The monoisotopic (exact) mass is 144 g/mol. The van der Waals surface area contributed by atoms with Crippen molar-refractivity contribution in [3.63, 3.8) is 0 Å². The molecule has 0 aromatic carbocycles. The Labute approximate surface area is 64.5 Å². The molecule has 0 spiro atoms. The molecular formula is C9H20O. The van der Waals surface area contributed by atoms with Crippen molar-refractivity contribution < 1.29 is 5.11 Å². The van der Waals surface area contributed by atoms with Crippen LogP contribution >= 0.6 is 0 Å². The fourth-order valence-corrected chi connectivity index (χ4v) is 1.49. The van der Waals surface area contributed by atoms with Gasteiger partial charge in [-0.1, -0.05) is 33.6 Å². The molecule has 1 aliphatic carbocycles. The molecule has 1 nitrogen and oxygen atoms in total. The van der Waals surface area contributed by atoms with E-state index in [2.05, 4.69) is 6.92 Å². The van der Waals surface area contributed by atoms with E-state index in [0.717, 1.165) is 5.92 Å². The van der Waals surface area contributed by atoms with Crippen LogP contribution in [0.15, 0.2) is 0 Å². The Balaban J connectivity index is 0.000000371. The van der Waals surface area contributed by atoms with Crippen LogP contribution in [0.5, 0.6) is 0 Å². The standard InChI is InChI=1S/C7H14O.C2H6/c1-6-3-2-4-7(6)5-8;1-2/h6-8H,2-5H2,1H3;1-2H3/t6-,7?;/m0./s1. The van der Waals surface area contributed by atoms with E-state index in [4.69, 9.17) is 5.11 Å². The fraction of sp³-hybridized carbons (Fsp3) is 1.00. The van der Waals surface area contributed by atoms with Gasteiger partial charge in [-0.15, -0.1) is 0 Å². The van der Waals surface area contributed by atoms with Gasteiger partial charge in [0, 0.05) is 6.61 Å². The molecule has 1 rings (SSSR count). The smallest absolute Gasteiger partial charge is 0.0461 e. The molecule has 1 heteroatoms. The van der Waals surface area contributed by atoms with Gasteiger partial charge in [-0.2, -0.15) is 0 Å². The third kappa shape index (κ3) is 2.70. The second kappa shape index (κ2) is 5.72. The molecule has 0 aromatic heterocycles. The summed E-state index contributed by atoms with van der Waals surface area (Å²) in [5.41, 5.74) is 0. The van der Waals surface area contributed by atoms with Crippen LogP contribution in [0.1, 0.15) is 40.0 Å². The summed E-state index contributed by atoms with van der Waals surface area (Å²) in [5.74, 6) is 1.40. The lowest BCUT2D eigenvalue weighted by Gasteiger charge is -2.09. The number of aliphatic hydroxyl groups excluding tert-OH is 1. The zero-order chi connectivity index (χ0) is 7.98. The minimum atomic E-state index is 0.404. The molecular weight excluding hydrogens is 124 g/mol. The first-order valence-electron chi connectivity index (χ1n) is 4.45. The molecule has 0 aromatic rings. The first kappa shape index (κ1) is 9.96. The quantitative estimate of drug-likeness (QED) is 0.599. The minimum absolute atomic E-state index is 0.404. The van der Waals surface area contributed by atoms with Crippen molar-refractivity contribution in [2.24, 2.45) is 11.8 Å². The summed E-state index contributed by atoms with van der Waals surface area (Å²) in [6.07, 6.45) is 3.90. The van der Waals surface area contributed by atoms with Gasteiger partial charge < -0.3 is 5.11 Å². The third-order valence-corrected chi connectivity index (χ3v) is 2.27. The zero-order valence-corrected chi connectivity index (χ0v) is 7.43. The lowest BCUT2D eigenvalue weighted by atomic mass is 10.00. The van der Waals surface area contributed by atoms with Gasteiger partial charge in [0.25, 0.3) is 0 Å². The molecule has 2 atom stereocenters. The summed E-state index contributed by atoms with van der Waals surface area (Å²) >= 11 is 0. The summed E-state index contributed by atoms with van der Waals surface area (Å²) in [7, 11) is 0. The Morgan fingerprint density at radius 2 is 1.90 bits per heavy atom. The van der Waals surface area contributed by atoms with Crippen molar-refractivity contribution in [1.82, 2.24) is 0 Å². The molecule has 10 heavy (non-hydrogen) atoms. The first-order valence-corrected chi connectivity index (χ1v) is 4.45. The van der Waals surface area contributed by atoms with Gasteiger partial charge in [0.1, 0.15) is 0 Å². The average Bonchev–Trinajstić information content (AvgIpc) is 2.39. The highest BCUT2D eigenvalue weighted by molar-refractivity contribution is 4.72. The molecule has 0 amide bonds. The van der Waals surface area contributed by atoms with E-state index in [9.17, 15) is 0 Å². The molecule has 1 unspecified atom stereocenters. The summed E-state index contributed by atoms with van der Waals surface area (Å²) in [5, 5.41) is 8.74. The predicted octanol–water partition coefficient (Wildman–Crippen LogP) is 2.44. The topological polar surface area (TPSA) is 20.2 Å². The minimum Gasteiger partial charge on any atom is -0.396 e. The lowest BCUT2D eigenvalue weighted by Crippen LogP contribution is -2.07. The normalized spacial score (nSPS) is 31.2. The molecule has 0 aliphatic heterocycles. The van der Waals surface area contributed by atoms with Crippen LogP contribution in [0.3, 0.4) is 0 Å². The van der Waals surface area contributed by atoms with Crippen molar-refractivity contribution >= 4 is 0 Å². The van der Waals surface area contributed by atoms with Crippen molar-refractivity contribution in [2.75, 3.05) is 6.61 Å². The largest absolute Gasteiger partial charge is 0.396 e. The van der Waals surface area contributed by atoms with Crippen LogP contribution < -0.4 is 0 Å². The van der Waals surface area contributed by atoms with Crippen LogP contribution in [-0.4, -0.2) is 11.7 Å². The van der Waals surface area contributed by atoms with E-state index in [-0.39, 0.29) is 0 Å². The SMILES string of the molecule is CC.C[C@H]1CCCC1CO. The fourth-order valence-electron chi connectivity index (χ4n) is 1.49. The average molecular weight is 144 g/mol. The number of hydrogen-bond acceptors (Lipinski definition) is 1. The van der Waals surface area contributed by atoms with Crippen LogP contribution in [0, 0.1) is 11.8 Å². The van der Waals surface area contributed by atoms with E-state index in [1.54, 1.807) is 0 Å². The molecule has 0 heterocycles. The van der Waals surface area contributed by atoms with E-state index < -0.39 is 0 Å². The maximum atomic E-state index is 8.74. The second-order valence-corrected chi connectivity index (χ2v) is 2.85. The number of rotatable bonds is 1. The van der Waals surface area contributed by atoms with Crippen LogP contribution in [0.25, 0.3) is 0 Å². The molecule has 0 bridgehead atoms. The Hall–Kier alpha value is -0.0400. The number of hydrogen-bond donors (Lipinski definition) is 1. The van der Waals surface area contributed by atoms with Gasteiger partial charge >= 0.3 is 0 Å². The van der Waals surface area contributed by atoms with E-state index >= 15 is 0 Å². The summed E-state index contributed by atoms with van der Waals surface area (Å²) in [4.78, 5) is 0. The Kier molecular flexibility index (Phi) is 5.70. The molecule has 0 radical (unpaired) electrons. The van der Waals surface area contributed by atoms with Crippen molar-refractivity contribution in [2.45, 2.75) is 40.0 Å². The second-order valence-electron chi connectivity index (χ2n) is 2.85. The van der Waals surface area contributed by atoms with E-state index in [1.807, 2.05) is 13.8 Å². The van der Waals surface area contributed by atoms with Crippen LogP contribution in [0.4, 0.5) is 0 Å². The predicted molar refractivity (Wildman–Crippen MR) is 44.9 cm³/mol. The summed E-state index contributed by atoms with van der Waals surface area (Å²) in [6.45, 7) is 6.63. The van der Waals surface area contributed by atoms with Gasteiger partial charge in [-0.05, 0) is 18.3 Å². The maximum Gasteiger partial charge on any atom is 0.0461 e. The zero-order valence-electron chi connectivity index (χ0n) is 7.43. The molecule has 1 N–H and O–H groups in total. The van der Waals surface area contributed by atoms with Gasteiger partial charge in [-0.25, -0.2) is 0 Å². The van der Waals surface area contributed by atoms with E-state index in [0.29, 0.717) is 12.5 Å². The van der Waals surface area contributed by atoms with Crippen molar-refractivity contribution in [3.8, 4) is 0 Å². The third-order valence-electron chi connectivity index (χ3n) is 2.27. The van der Waals surface area contributed by atoms with Gasteiger partial charge in [0.15, 0.2) is 0 Å². The molecule has 1 saturated carbocycles. The number of aliphatic hydroxyl groups is 1. The highest BCUT2D eigenvalue weighted by Gasteiger charge is 2.21.